The van der Waals surface area contributed by atoms with E-state index >= 15 is 0 Å². The van der Waals surface area contributed by atoms with Crippen molar-refractivity contribution in [2.75, 3.05) is 12.0 Å². The van der Waals surface area contributed by atoms with E-state index in [0.717, 1.165) is 6.07 Å². The number of hydrazone groups is 1. The van der Waals surface area contributed by atoms with Crippen molar-refractivity contribution in [1.29, 1.82) is 0 Å². The first-order valence-electron chi connectivity index (χ1n) is 5.52. The van der Waals surface area contributed by atoms with Crippen LogP contribution < -0.4 is 5.43 Å². The van der Waals surface area contributed by atoms with Gasteiger partial charge in [0, 0.05) is 12.3 Å². The number of carbonyl (C=O) groups excluding carboxylic acids is 1. The van der Waals surface area contributed by atoms with Gasteiger partial charge in [0.1, 0.15) is 5.69 Å². The first kappa shape index (κ1) is 16.2. The van der Waals surface area contributed by atoms with E-state index < -0.39 is 10.9 Å². The van der Waals surface area contributed by atoms with Crippen molar-refractivity contribution in [3.63, 3.8) is 0 Å². The van der Waals surface area contributed by atoms with Crippen LogP contribution in [-0.2, 0) is 9.53 Å². The molecule has 0 aliphatic rings. The molecule has 0 amide bonds. The summed E-state index contributed by atoms with van der Waals surface area (Å²) in [7, 11) is 0. The molecule has 108 valence electrons. The topological polar surface area (TPSA) is 93.8 Å². The number of anilines is 1. The summed E-state index contributed by atoms with van der Waals surface area (Å²) in [6, 6.07) is 2.40. The Bertz CT molecular complexity index is 549. The third-order valence-corrected chi connectivity index (χ3v) is 2.80. The predicted octanol–water partition coefficient (Wildman–Crippen LogP) is 3.25. The number of benzene rings is 1. The summed E-state index contributed by atoms with van der Waals surface area (Å²) in [6.07, 6.45) is 1.19. The number of nitrogens with one attached hydrogen (secondary N) is 1. The molecule has 0 radical (unpaired) electrons. The highest BCUT2D eigenvalue weighted by Gasteiger charge is 2.16. The van der Waals surface area contributed by atoms with Crippen molar-refractivity contribution in [2.24, 2.45) is 5.10 Å². The van der Waals surface area contributed by atoms with Gasteiger partial charge in [-0.2, -0.15) is 5.10 Å². The molecule has 0 aromatic heterocycles. The molecule has 1 N–H and O–H groups in total. The SMILES string of the molecule is CCOC(=O)C/C=N/Nc1cc(Cl)c(Cl)cc1[N+](=O)[O-]. The average Bonchev–Trinajstić information content (AvgIpc) is 2.38. The fourth-order valence-electron chi connectivity index (χ4n) is 1.23. The maximum absolute atomic E-state index is 11.0. The number of nitrogens with zero attached hydrogens (tertiary/aromatic N) is 2. The monoisotopic (exact) mass is 319 g/mol. The van der Waals surface area contributed by atoms with Crippen LogP contribution in [0.4, 0.5) is 11.4 Å². The molecule has 0 aliphatic heterocycles. The molecule has 1 aromatic carbocycles. The van der Waals surface area contributed by atoms with Gasteiger partial charge in [-0.15, -0.1) is 0 Å². The summed E-state index contributed by atoms with van der Waals surface area (Å²) in [5.74, 6) is -0.443. The lowest BCUT2D eigenvalue weighted by Crippen LogP contribution is -2.04. The van der Waals surface area contributed by atoms with Gasteiger partial charge in [-0.25, -0.2) is 0 Å². The predicted molar refractivity (Wildman–Crippen MR) is 76.5 cm³/mol. The molecule has 20 heavy (non-hydrogen) atoms. The first-order valence-corrected chi connectivity index (χ1v) is 6.27. The molecule has 0 saturated carbocycles. The molecule has 0 bridgehead atoms. The van der Waals surface area contributed by atoms with E-state index in [1.165, 1.54) is 12.3 Å². The molecule has 0 spiro atoms. The molecular formula is C11H11Cl2N3O4. The van der Waals surface area contributed by atoms with Crippen molar-refractivity contribution < 1.29 is 14.5 Å². The smallest absolute Gasteiger partial charge is 0.311 e. The Morgan fingerprint density at radius 3 is 2.75 bits per heavy atom. The third-order valence-electron chi connectivity index (χ3n) is 2.07. The largest absolute Gasteiger partial charge is 0.466 e. The maximum atomic E-state index is 11.0. The Balaban J connectivity index is 2.77. The van der Waals surface area contributed by atoms with Gasteiger partial charge in [0.2, 0.25) is 0 Å². The lowest BCUT2D eigenvalue weighted by molar-refractivity contribution is -0.383. The lowest BCUT2D eigenvalue weighted by atomic mass is 10.3. The number of halogens is 2. The van der Waals surface area contributed by atoms with Crippen LogP contribution >= 0.6 is 23.2 Å². The summed E-state index contributed by atoms with van der Waals surface area (Å²) >= 11 is 11.5. The number of esters is 1. The second-order valence-corrected chi connectivity index (χ2v) is 4.29. The van der Waals surface area contributed by atoms with Gasteiger partial charge in [0.25, 0.3) is 5.69 Å². The van der Waals surface area contributed by atoms with Crippen LogP contribution in [0.2, 0.25) is 10.0 Å². The Morgan fingerprint density at radius 2 is 2.15 bits per heavy atom. The number of hydrogen-bond donors (Lipinski definition) is 1. The molecule has 0 heterocycles. The summed E-state index contributed by atoms with van der Waals surface area (Å²) in [4.78, 5) is 21.3. The molecule has 1 aromatic rings. The van der Waals surface area contributed by atoms with E-state index in [0.29, 0.717) is 0 Å². The molecule has 7 nitrogen and oxygen atoms in total. The molecule has 9 heteroatoms. The van der Waals surface area contributed by atoms with Gasteiger partial charge in [-0.3, -0.25) is 20.3 Å². The van der Waals surface area contributed by atoms with Gasteiger partial charge < -0.3 is 4.74 Å². The summed E-state index contributed by atoms with van der Waals surface area (Å²) in [5.41, 5.74) is 2.24. The fraction of sp³-hybridized carbons (Fsp3) is 0.273. The fourth-order valence-corrected chi connectivity index (χ4v) is 1.55. The van der Waals surface area contributed by atoms with Crippen LogP contribution in [0.3, 0.4) is 0 Å². The van der Waals surface area contributed by atoms with E-state index in [-0.39, 0.29) is 34.4 Å². The Hall–Kier alpha value is -1.86. The second-order valence-electron chi connectivity index (χ2n) is 3.47. The maximum Gasteiger partial charge on any atom is 0.311 e. The number of nitro benzene ring substituents is 1. The van der Waals surface area contributed by atoms with Gasteiger partial charge in [-0.05, 0) is 13.0 Å². The Morgan fingerprint density at radius 1 is 1.50 bits per heavy atom. The zero-order valence-corrected chi connectivity index (χ0v) is 11.9. The number of rotatable bonds is 6. The minimum absolute atomic E-state index is 0.0457. The van der Waals surface area contributed by atoms with E-state index in [1.54, 1.807) is 6.92 Å². The van der Waals surface area contributed by atoms with Crippen molar-refractivity contribution in [2.45, 2.75) is 13.3 Å². The van der Waals surface area contributed by atoms with Gasteiger partial charge in [-0.1, -0.05) is 23.2 Å². The van der Waals surface area contributed by atoms with Crippen LogP contribution in [0.1, 0.15) is 13.3 Å². The highest BCUT2D eigenvalue weighted by Crippen LogP contribution is 2.33. The van der Waals surface area contributed by atoms with Crippen LogP contribution in [-0.4, -0.2) is 23.7 Å². The van der Waals surface area contributed by atoms with Crippen LogP contribution in [0.5, 0.6) is 0 Å². The number of hydrogen-bond acceptors (Lipinski definition) is 6. The molecule has 0 fully saturated rings. The highest BCUT2D eigenvalue weighted by atomic mass is 35.5. The van der Waals surface area contributed by atoms with Gasteiger partial charge in [0.05, 0.1) is 28.0 Å². The molecule has 0 unspecified atom stereocenters. The molecule has 0 saturated heterocycles. The normalized spacial score (nSPS) is 10.6. The molecular weight excluding hydrogens is 309 g/mol. The van der Waals surface area contributed by atoms with Gasteiger partial charge in [0.15, 0.2) is 0 Å². The van der Waals surface area contributed by atoms with Crippen molar-refractivity contribution in [3.8, 4) is 0 Å². The summed E-state index contributed by atoms with van der Waals surface area (Å²) in [6.45, 7) is 1.96. The average molecular weight is 320 g/mol. The van der Waals surface area contributed by atoms with Crippen molar-refractivity contribution >= 4 is 46.8 Å². The van der Waals surface area contributed by atoms with Crippen molar-refractivity contribution in [1.82, 2.24) is 0 Å². The second kappa shape index (κ2) is 7.66. The van der Waals surface area contributed by atoms with Gasteiger partial charge >= 0.3 is 5.97 Å². The highest BCUT2D eigenvalue weighted by molar-refractivity contribution is 6.42. The zero-order valence-electron chi connectivity index (χ0n) is 10.4. The van der Waals surface area contributed by atoms with E-state index in [2.05, 4.69) is 15.3 Å². The zero-order chi connectivity index (χ0) is 15.1. The standard InChI is InChI=1S/C11H11Cl2N3O4/c1-2-20-11(17)3-4-14-15-9-5-7(12)8(13)6-10(9)16(18)19/h4-6,15H,2-3H2,1H3/b14-4+. The van der Waals surface area contributed by atoms with Crippen LogP contribution in [0.15, 0.2) is 17.2 Å². The lowest BCUT2D eigenvalue weighted by Gasteiger charge is -2.04. The van der Waals surface area contributed by atoms with E-state index in [4.69, 9.17) is 23.2 Å². The number of carbonyl (C=O) groups is 1. The number of nitro groups is 1. The quantitative estimate of drug-likeness (QED) is 0.376. The first-order chi connectivity index (χ1) is 9.45. The Labute approximate surface area is 124 Å². The van der Waals surface area contributed by atoms with Crippen LogP contribution in [0.25, 0.3) is 0 Å². The third kappa shape index (κ3) is 4.67. The minimum Gasteiger partial charge on any atom is -0.466 e. The van der Waals surface area contributed by atoms with E-state index in [9.17, 15) is 14.9 Å². The summed E-state index contributed by atoms with van der Waals surface area (Å²) < 4.78 is 4.69. The summed E-state index contributed by atoms with van der Waals surface area (Å²) in [5, 5.41) is 14.8. The molecule has 1 rings (SSSR count). The van der Waals surface area contributed by atoms with E-state index in [1.807, 2.05) is 0 Å². The molecule has 0 aliphatic carbocycles. The number of ether oxygens (including phenoxy) is 1. The molecule has 0 atom stereocenters. The van der Waals surface area contributed by atoms with Crippen LogP contribution in [0, 0.1) is 10.1 Å². The minimum atomic E-state index is -0.620. The van der Waals surface area contributed by atoms with Crippen molar-refractivity contribution in [3.05, 3.63) is 32.3 Å². The Kier molecular flexibility index (Phi) is 6.20.